The van der Waals surface area contributed by atoms with Crippen molar-refractivity contribution in [2.75, 3.05) is 13.2 Å². The van der Waals surface area contributed by atoms with Crippen molar-refractivity contribution >= 4 is 11.8 Å². The number of carbonyl (C=O) groups is 2. The van der Waals surface area contributed by atoms with E-state index < -0.39 is 64.2 Å². The van der Waals surface area contributed by atoms with Crippen LogP contribution in [-0.2, 0) is 17.9 Å². The number of nitrogens with zero attached hydrogens (tertiary/aromatic N) is 2. The summed E-state index contributed by atoms with van der Waals surface area (Å²) in [5.41, 5.74) is -1.15. The van der Waals surface area contributed by atoms with Crippen LogP contribution in [0.1, 0.15) is 71.6 Å². The van der Waals surface area contributed by atoms with Crippen molar-refractivity contribution in [3.63, 3.8) is 0 Å². The highest BCUT2D eigenvalue weighted by Crippen LogP contribution is 2.38. The van der Waals surface area contributed by atoms with Gasteiger partial charge in [0, 0.05) is 48.9 Å². The third-order valence-electron chi connectivity index (χ3n) is 8.08. The fourth-order valence-electron chi connectivity index (χ4n) is 5.68. The van der Waals surface area contributed by atoms with Crippen molar-refractivity contribution in [2.45, 2.75) is 64.6 Å². The fourth-order valence-corrected chi connectivity index (χ4v) is 5.68. The molecule has 1 aromatic heterocycles. The summed E-state index contributed by atoms with van der Waals surface area (Å²) in [6.07, 6.45) is 2.54. The van der Waals surface area contributed by atoms with Crippen LogP contribution in [0.4, 0.5) is 13.2 Å². The molecular weight excluding hydrogens is 579 g/mol. The first-order valence-electron chi connectivity index (χ1n) is 14.4. The molecule has 3 atom stereocenters. The van der Waals surface area contributed by atoms with Gasteiger partial charge in [-0.2, -0.15) is 0 Å². The second-order valence-electron chi connectivity index (χ2n) is 11.7. The molecule has 5 rings (SSSR count). The molecule has 0 radical (unpaired) electrons. The van der Waals surface area contributed by atoms with Crippen molar-refractivity contribution in [3.05, 3.63) is 98.7 Å². The Hall–Kier alpha value is -4.16. The predicted molar refractivity (Wildman–Crippen MR) is 153 cm³/mol. The van der Waals surface area contributed by atoms with Crippen LogP contribution in [-0.4, -0.2) is 51.4 Å². The smallest absolute Gasteiger partial charge is 0.274 e. The third kappa shape index (κ3) is 6.51. The molecule has 2 amide bonds. The Morgan fingerprint density at radius 2 is 1.77 bits per heavy atom. The van der Waals surface area contributed by atoms with Gasteiger partial charge in [-0.05, 0) is 39.2 Å². The van der Waals surface area contributed by atoms with Crippen molar-refractivity contribution in [2.24, 2.45) is 5.92 Å². The SMILES string of the molecule is C[C@H]1CC[C@@H](COC(C)(C)O)[C@H]2CN1C(=O)c1c(OCc3ccccc3)c(=O)c(C(=O)NCc3c(F)cc(F)cc3F)cn12. The number of amides is 2. The van der Waals surface area contributed by atoms with Crippen LogP contribution in [0.3, 0.4) is 0 Å². The van der Waals surface area contributed by atoms with Crippen molar-refractivity contribution in [3.8, 4) is 5.75 Å². The molecule has 0 unspecified atom stereocenters. The molecule has 0 saturated carbocycles. The Morgan fingerprint density at radius 3 is 2.43 bits per heavy atom. The van der Waals surface area contributed by atoms with Crippen LogP contribution in [0.5, 0.6) is 5.75 Å². The molecule has 12 heteroatoms. The lowest BCUT2D eigenvalue weighted by Gasteiger charge is -2.39. The summed E-state index contributed by atoms with van der Waals surface area (Å²) in [5, 5.41) is 12.6. The number of hydrogen-bond acceptors (Lipinski definition) is 6. The van der Waals surface area contributed by atoms with Crippen LogP contribution in [0, 0.1) is 23.4 Å². The molecule has 1 fully saturated rings. The van der Waals surface area contributed by atoms with E-state index in [9.17, 15) is 32.7 Å². The maximum absolute atomic E-state index is 14.3. The summed E-state index contributed by atoms with van der Waals surface area (Å²) in [7, 11) is 0. The normalized spacial score (nSPS) is 19.8. The van der Waals surface area contributed by atoms with Gasteiger partial charge in [-0.1, -0.05) is 30.3 Å². The molecule has 2 aromatic carbocycles. The molecule has 3 aromatic rings. The summed E-state index contributed by atoms with van der Waals surface area (Å²) < 4.78 is 55.2. The monoisotopic (exact) mass is 613 g/mol. The average Bonchev–Trinajstić information content (AvgIpc) is 3.10. The highest BCUT2D eigenvalue weighted by atomic mass is 19.1. The Balaban J connectivity index is 1.58. The minimum Gasteiger partial charge on any atom is -0.483 e. The highest BCUT2D eigenvalue weighted by molar-refractivity contribution is 5.99. The van der Waals surface area contributed by atoms with Gasteiger partial charge in [0.25, 0.3) is 11.8 Å². The first-order chi connectivity index (χ1) is 20.8. The van der Waals surface area contributed by atoms with Gasteiger partial charge in [-0.3, -0.25) is 14.4 Å². The largest absolute Gasteiger partial charge is 0.483 e. The quantitative estimate of drug-likeness (QED) is 0.348. The number of aromatic nitrogens is 1. The Kier molecular flexibility index (Phi) is 8.85. The first kappa shape index (κ1) is 31.3. The van der Waals surface area contributed by atoms with Crippen LogP contribution >= 0.6 is 0 Å². The van der Waals surface area contributed by atoms with Gasteiger partial charge in [0.1, 0.15) is 29.6 Å². The van der Waals surface area contributed by atoms with Gasteiger partial charge in [0.2, 0.25) is 5.43 Å². The topological polar surface area (TPSA) is 110 Å². The molecule has 0 spiro atoms. The number of aliphatic hydroxyl groups is 1. The first-order valence-corrected chi connectivity index (χ1v) is 14.4. The van der Waals surface area contributed by atoms with Crippen molar-refractivity contribution < 1.29 is 37.3 Å². The number of hydrogen-bond donors (Lipinski definition) is 2. The van der Waals surface area contributed by atoms with Gasteiger partial charge in [-0.25, -0.2) is 13.2 Å². The van der Waals surface area contributed by atoms with E-state index in [1.54, 1.807) is 33.7 Å². The zero-order valence-corrected chi connectivity index (χ0v) is 24.6. The van der Waals surface area contributed by atoms with Gasteiger partial charge >= 0.3 is 0 Å². The standard InChI is InChI=1S/C32H34F3N3O6/c1-18-9-10-20(17-44-32(2,3)42)26-15-37(18)31(41)27-29(43-16-19-7-5-4-6-8-19)28(39)23(14-38(26)27)30(40)36-13-22-24(34)11-21(33)12-25(22)35/h4-8,11-12,14,18,20,26,42H,9-10,13,15-17H2,1-3H3,(H,36,40)/t18-,20-,26+/m0/s1. The minimum absolute atomic E-state index is 0.0173. The summed E-state index contributed by atoms with van der Waals surface area (Å²) in [6, 6.07) is 9.34. The van der Waals surface area contributed by atoms with Gasteiger partial charge in [0.05, 0.1) is 12.6 Å². The van der Waals surface area contributed by atoms with E-state index in [0.29, 0.717) is 30.5 Å². The van der Waals surface area contributed by atoms with Gasteiger partial charge < -0.3 is 29.4 Å². The molecule has 0 aliphatic carbocycles. The van der Waals surface area contributed by atoms with Gasteiger partial charge in [0.15, 0.2) is 17.2 Å². The Bertz CT molecular complexity index is 1600. The third-order valence-corrected chi connectivity index (χ3v) is 8.08. The maximum atomic E-state index is 14.3. The number of fused-ring (bicyclic) bond motifs is 4. The molecule has 44 heavy (non-hydrogen) atoms. The molecular formula is C32H34F3N3O6. The van der Waals surface area contributed by atoms with Crippen LogP contribution < -0.4 is 15.5 Å². The van der Waals surface area contributed by atoms with Crippen LogP contribution in [0.2, 0.25) is 0 Å². The summed E-state index contributed by atoms with van der Waals surface area (Å²) in [5.74, 6) is -6.83. The number of nitrogens with one attached hydrogen (secondary N) is 1. The number of pyridine rings is 1. The highest BCUT2D eigenvalue weighted by Gasteiger charge is 2.43. The van der Waals surface area contributed by atoms with E-state index in [0.717, 1.165) is 0 Å². The lowest BCUT2D eigenvalue weighted by atomic mass is 9.94. The Morgan fingerprint density at radius 1 is 1.09 bits per heavy atom. The molecule has 2 aliphatic heterocycles. The number of rotatable bonds is 9. The lowest BCUT2D eigenvalue weighted by molar-refractivity contribution is -0.186. The molecule has 2 aliphatic rings. The van der Waals surface area contributed by atoms with E-state index in [1.165, 1.54) is 20.0 Å². The van der Waals surface area contributed by atoms with Gasteiger partial charge in [-0.15, -0.1) is 0 Å². The maximum Gasteiger partial charge on any atom is 0.274 e. The molecule has 234 valence electrons. The van der Waals surface area contributed by atoms with Crippen LogP contribution in [0.15, 0.2) is 53.5 Å². The van der Waals surface area contributed by atoms with E-state index in [4.69, 9.17) is 9.47 Å². The summed E-state index contributed by atoms with van der Waals surface area (Å²) in [4.78, 5) is 42.8. The van der Waals surface area contributed by atoms with E-state index in [2.05, 4.69) is 5.32 Å². The zero-order chi connectivity index (χ0) is 31.8. The van der Waals surface area contributed by atoms with Crippen molar-refractivity contribution in [1.82, 2.24) is 14.8 Å². The number of ether oxygens (including phenoxy) is 2. The Labute approximate surface area is 252 Å². The predicted octanol–water partition coefficient (Wildman–Crippen LogP) is 4.32. The van der Waals surface area contributed by atoms with E-state index in [-0.39, 0.29) is 43.2 Å². The summed E-state index contributed by atoms with van der Waals surface area (Å²) in [6.45, 7) is 4.62. The minimum atomic E-state index is -1.41. The molecule has 2 bridgehead atoms. The zero-order valence-electron chi connectivity index (χ0n) is 24.6. The molecule has 2 N–H and O–H groups in total. The lowest BCUT2D eigenvalue weighted by Crippen LogP contribution is -2.49. The molecule has 3 heterocycles. The molecule has 1 saturated heterocycles. The second kappa shape index (κ2) is 12.4. The van der Waals surface area contributed by atoms with Crippen molar-refractivity contribution in [1.29, 1.82) is 0 Å². The second-order valence-corrected chi connectivity index (χ2v) is 11.7. The average molecular weight is 614 g/mol. The van der Waals surface area contributed by atoms with E-state index >= 15 is 0 Å². The molecule has 9 nitrogen and oxygen atoms in total. The number of benzene rings is 2. The fraction of sp³-hybridized carbons (Fsp3) is 0.406. The number of halogens is 3. The van der Waals surface area contributed by atoms with E-state index in [1.807, 2.05) is 13.0 Å². The van der Waals surface area contributed by atoms with Crippen LogP contribution in [0.25, 0.3) is 0 Å². The summed E-state index contributed by atoms with van der Waals surface area (Å²) >= 11 is 0. The number of carbonyl (C=O) groups excluding carboxylic acids is 2.